The van der Waals surface area contributed by atoms with E-state index >= 15 is 0 Å². The van der Waals surface area contributed by atoms with Gasteiger partial charge in [0.2, 0.25) is 5.91 Å². The minimum Gasteiger partial charge on any atom is -0.366 e. The van der Waals surface area contributed by atoms with E-state index in [9.17, 15) is 4.79 Å². The van der Waals surface area contributed by atoms with Gasteiger partial charge >= 0.3 is 0 Å². The Morgan fingerprint density at radius 1 is 1.30 bits per heavy atom. The summed E-state index contributed by atoms with van der Waals surface area (Å²) >= 11 is 4.81. The number of carbonyl (C=O) groups is 1. The maximum Gasteiger partial charge on any atom is 0.248 e. The highest BCUT2D eigenvalue weighted by molar-refractivity contribution is 7.80. The molecule has 0 spiro atoms. The van der Waals surface area contributed by atoms with Gasteiger partial charge in [0.25, 0.3) is 0 Å². The van der Waals surface area contributed by atoms with Crippen LogP contribution >= 0.6 is 12.6 Å². The van der Waals surface area contributed by atoms with Gasteiger partial charge in [-0.25, -0.2) is 0 Å². The minimum absolute atomic E-state index is 0.421. The molecule has 0 aromatic heterocycles. The van der Waals surface area contributed by atoms with E-state index in [4.69, 9.17) is 18.4 Å². The van der Waals surface area contributed by atoms with Gasteiger partial charge in [0.1, 0.15) is 0 Å². The molecular formula is C7H6NOS. The second-order valence-electron chi connectivity index (χ2n) is 1.89. The Bertz CT molecular complexity index is 242. The van der Waals surface area contributed by atoms with Crippen molar-refractivity contribution in [3.63, 3.8) is 0 Å². The number of benzene rings is 1. The minimum atomic E-state index is -0.421. The first-order valence-corrected chi connectivity index (χ1v) is 3.18. The zero-order chi connectivity index (χ0) is 7.56. The van der Waals surface area contributed by atoms with Gasteiger partial charge in [-0.1, -0.05) is 12.6 Å². The van der Waals surface area contributed by atoms with Crippen LogP contribution < -0.4 is 5.73 Å². The van der Waals surface area contributed by atoms with Crippen LogP contribution in [0.5, 0.6) is 0 Å². The smallest absolute Gasteiger partial charge is 0.248 e. The second-order valence-corrected chi connectivity index (χ2v) is 2.36. The average Bonchev–Trinajstić information content (AvgIpc) is 1.88. The molecule has 0 aliphatic rings. The SMILES string of the molecule is NC(=O)c1ccc([S])cc1. The Balaban J connectivity index is 3.00. The lowest BCUT2D eigenvalue weighted by atomic mass is 10.2. The highest BCUT2D eigenvalue weighted by atomic mass is 32.1. The number of amides is 1. The summed E-state index contributed by atoms with van der Waals surface area (Å²) in [4.78, 5) is 11.2. The summed E-state index contributed by atoms with van der Waals surface area (Å²) in [6.07, 6.45) is 0. The van der Waals surface area contributed by atoms with Gasteiger partial charge in [-0.15, -0.1) is 0 Å². The number of hydrogen-bond acceptors (Lipinski definition) is 1. The van der Waals surface area contributed by atoms with Gasteiger partial charge in [0, 0.05) is 10.5 Å². The third-order valence-electron chi connectivity index (χ3n) is 1.14. The lowest BCUT2D eigenvalue weighted by Gasteiger charge is -1.92. The fraction of sp³-hybridized carbons (Fsp3) is 0. The summed E-state index contributed by atoms with van der Waals surface area (Å²) in [5.41, 5.74) is 5.48. The van der Waals surface area contributed by atoms with E-state index in [1.165, 1.54) is 0 Å². The van der Waals surface area contributed by atoms with Crippen molar-refractivity contribution in [2.45, 2.75) is 4.90 Å². The van der Waals surface area contributed by atoms with Crippen LogP contribution in [0.15, 0.2) is 29.2 Å². The van der Waals surface area contributed by atoms with Crippen LogP contribution in [0.3, 0.4) is 0 Å². The van der Waals surface area contributed by atoms with Crippen LogP contribution in [-0.2, 0) is 0 Å². The first-order chi connectivity index (χ1) is 4.70. The summed E-state index contributed by atoms with van der Waals surface area (Å²) < 4.78 is 0. The topological polar surface area (TPSA) is 43.1 Å². The molecule has 0 aliphatic heterocycles. The number of carbonyl (C=O) groups excluding carboxylic acids is 1. The highest BCUT2D eigenvalue weighted by Crippen LogP contribution is 2.06. The molecule has 0 unspecified atom stereocenters. The Labute approximate surface area is 64.5 Å². The molecule has 1 aromatic carbocycles. The number of hydrogen-bond donors (Lipinski definition) is 1. The quantitative estimate of drug-likeness (QED) is 0.648. The fourth-order valence-electron chi connectivity index (χ4n) is 0.619. The molecule has 2 N–H and O–H groups in total. The summed E-state index contributed by atoms with van der Waals surface area (Å²) in [6, 6.07) is 6.58. The molecule has 1 radical (unpaired) electrons. The molecule has 0 saturated carbocycles. The Kier molecular flexibility index (Phi) is 1.87. The maximum atomic E-state index is 10.5. The largest absolute Gasteiger partial charge is 0.366 e. The van der Waals surface area contributed by atoms with Crippen LogP contribution in [0.25, 0.3) is 0 Å². The van der Waals surface area contributed by atoms with Crippen molar-refractivity contribution < 1.29 is 4.79 Å². The van der Waals surface area contributed by atoms with Crippen molar-refractivity contribution in [2.75, 3.05) is 0 Å². The Morgan fingerprint density at radius 2 is 1.80 bits per heavy atom. The third kappa shape index (κ3) is 1.45. The first-order valence-electron chi connectivity index (χ1n) is 2.77. The lowest BCUT2D eigenvalue weighted by molar-refractivity contribution is 0.100. The molecular weight excluding hydrogens is 146 g/mol. The lowest BCUT2D eigenvalue weighted by Crippen LogP contribution is -2.10. The summed E-state index contributed by atoms with van der Waals surface area (Å²) in [5.74, 6) is -0.421. The van der Waals surface area contributed by atoms with Gasteiger partial charge in [0.05, 0.1) is 0 Å². The van der Waals surface area contributed by atoms with Crippen LogP contribution in [-0.4, -0.2) is 5.91 Å². The third-order valence-corrected chi connectivity index (χ3v) is 1.41. The molecule has 0 atom stereocenters. The van der Waals surface area contributed by atoms with E-state index < -0.39 is 5.91 Å². The number of nitrogens with two attached hydrogens (primary N) is 1. The molecule has 1 rings (SSSR count). The maximum absolute atomic E-state index is 10.5. The zero-order valence-corrected chi connectivity index (χ0v) is 6.02. The van der Waals surface area contributed by atoms with Crippen LogP contribution in [0.4, 0.5) is 0 Å². The molecule has 3 heteroatoms. The van der Waals surface area contributed by atoms with Crippen LogP contribution in [0.2, 0.25) is 0 Å². The molecule has 10 heavy (non-hydrogen) atoms. The van der Waals surface area contributed by atoms with Crippen molar-refractivity contribution in [2.24, 2.45) is 5.73 Å². The molecule has 1 aromatic rings. The predicted octanol–water partition coefficient (Wildman–Crippen LogP) is 1.34. The Hall–Kier alpha value is -1.09. The van der Waals surface area contributed by atoms with E-state index in [0.29, 0.717) is 10.5 Å². The van der Waals surface area contributed by atoms with E-state index in [0.717, 1.165) is 0 Å². The van der Waals surface area contributed by atoms with Crippen molar-refractivity contribution in [1.29, 1.82) is 0 Å². The van der Waals surface area contributed by atoms with Gasteiger partial charge in [-0.2, -0.15) is 0 Å². The molecule has 0 bridgehead atoms. The summed E-state index contributed by atoms with van der Waals surface area (Å²) in [6.45, 7) is 0. The predicted molar refractivity (Wildman–Crippen MR) is 40.8 cm³/mol. The van der Waals surface area contributed by atoms with E-state index in [-0.39, 0.29) is 0 Å². The van der Waals surface area contributed by atoms with Crippen molar-refractivity contribution in [3.05, 3.63) is 29.8 Å². The van der Waals surface area contributed by atoms with Crippen molar-refractivity contribution in [3.8, 4) is 0 Å². The van der Waals surface area contributed by atoms with E-state index in [2.05, 4.69) is 0 Å². The molecule has 0 fully saturated rings. The molecule has 0 heterocycles. The van der Waals surface area contributed by atoms with Crippen molar-refractivity contribution in [1.82, 2.24) is 0 Å². The fourth-order valence-corrected chi connectivity index (χ4v) is 0.755. The highest BCUT2D eigenvalue weighted by Gasteiger charge is 1.96. The number of rotatable bonds is 1. The first kappa shape index (κ1) is 7.02. The Morgan fingerprint density at radius 3 is 2.20 bits per heavy atom. The normalized spacial score (nSPS) is 9.20. The molecule has 2 nitrogen and oxygen atoms in total. The average molecular weight is 152 g/mol. The van der Waals surface area contributed by atoms with Gasteiger partial charge in [0.15, 0.2) is 0 Å². The zero-order valence-electron chi connectivity index (χ0n) is 5.20. The summed E-state index contributed by atoms with van der Waals surface area (Å²) in [7, 11) is 0. The molecule has 0 aliphatic carbocycles. The standard InChI is InChI=1S/C7H6NOS/c8-7(9)5-1-3-6(10)4-2-5/h1-4H,(H2,8,9). The van der Waals surface area contributed by atoms with Gasteiger partial charge in [-0.05, 0) is 24.3 Å². The monoisotopic (exact) mass is 152 g/mol. The second kappa shape index (κ2) is 2.66. The molecule has 1 amide bonds. The molecule has 51 valence electrons. The summed E-state index contributed by atoms with van der Waals surface area (Å²) in [5, 5.41) is 0. The van der Waals surface area contributed by atoms with Gasteiger partial charge < -0.3 is 5.73 Å². The molecule has 0 saturated heterocycles. The van der Waals surface area contributed by atoms with Crippen molar-refractivity contribution >= 4 is 18.5 Å². The van der Waals surface area contributed by atoms with Gasteiger partial charge in [-0.3, -0.25) is 4.79 Å². The van der Waals surface area contributed by atoms with E-state index in [1.807, 2.05) is 0 Å². The number of primary amides is 1. The van der Waals surface area contributed by atoms with Crippen LogP contribution in [0.1, 0.15) is 10.4 Å². The van der Waals surface area contributed by atoms with E-state index in [1.54, 1.807) is 24.3 Å². The van der Waals surface area contributed by atoms with Crippen LogP contribution in [0, 0.1) is 0 Å².